The van der Waals surface area contributed by atoms with Gasteiger partial charge in [0, 0.05) is 34.5 Å². The molecular weight excluding hydrogens is 294 g/mol. The van der Waals surface area contributed by atoms with Gasteiger partial charge in [-0.2, -0.15) is 5.26 Å². The van der Waals surface area contributed by atoms with Gasteiger partial charge in [-0.3, -0.25) is 4.79 Å². The predicted molar refractivity (Wildman–Crippen MR) is 86.1 cm³/mol. The number of hydrogen-bond donors (Lipinski definition) is 1. The first-order valence-corrected chi connectivity index (χ1v) is 8.26. The molecule has 1 aliphatic carbocycles. The molecule has 0 bridgehead atoms. The molecule has 1 atom stereocenters. The number of nitrogens with one attached hydrogen (secondary N) is 1. The Morgan fingerprint density at radius 3 is 2.73 bits per heavy atom. The average Bonchev–Trinajstić information content (AvgIpc) is 2.82. The molecule has 0 amide bonds. The molecule has 114 valence electrons. The highest BCUT2D eigenvalue weighted by atomic mass is 32.1. The SMILES string of the molecule is CC1=C(C#N)[C@H](c2nc(C)cs2)C2=C(CC(C)(C)CC2=O)N1. The Morgan fingerprint density at radius 1 is 1.41 bits per heavy atom. The number of allylic oxidation sites excluding steroid dienone is 4. The minimum atomic E-state index is -0.302. The molecule has 0 aromatic carbocycles. The first-order valence-electron chi connectivity index (χ1n) is 7.38. The maximum absolute atomic E-state index is 12.7. The van der Waals surface area contributed by atoms with E-state index in [1.54, 1.807) is 0 Å². The molecule has 0 saturated carbocycles. The maximum atomic E-state index is 12.7. The first kappa shape index (κ1) is 15.0. The van der Waals surface area contributed by atoms with E-state index in [0.29, 0.717) is 12.0 Å². The number of aromatic nitrogens is 1. The van der Waals surface area contributed by atoms with Crippen molar-refractivity contribution in [1.29, 1.82) is 5.26 Å². The largest absolute Gasteiger partial charge is 0.361 e. The summed E-state index contributed by atoms with van der Waals surface area (Å²) in [4.78, 5) is 17.3. The normalized spacial score (nSPS) is 24.0. The van der Waals surface area contributed by atoms with E-state index in [2.05, 4.69) is 30.2 Å². The molecule has 5 heteroatoms. The van der Waals surface area contributed by atoms with Crippen molar-refractivity contribution in [2.75, 3.05) is 0 Å². The lowest BCUT2D eigenvalue weighted by Gasteiger charge is -2.38. The Bertz CT molecular complexity index is 761. The molecule has 1 aromatic heterocycles. The Morgan fingerprint density at radius 2 is 2.14 bits per heavy atom. The summed E-state index contributed by atoms with van der Waals surface area (Å²) in [7, 11) is 0. The maximum Gasteiger partial charge on any atom is 0.162 e. The quantitative estimate of drug-likeness (QED) is 0.860. The molecule has 1 N–H and O–H groups in total. The van der Waals surface area contributed by atoms with Crippen molar-refractivity contribution in [2.24, 2.45) is 5.41 Å². The van der Waals surface area contributed by atoms with Crippen molar-refractivity contribution in [3.8, 4) is 6.07 Å². The topological polar surface area (TPSA) is 65.8 Å². The number of nitriles is 1. The third-order valence-electron chi connectivity index (χ3n) is 4.24. The molecule has 0 spiro atoms. The summed E-state index contributed by atoms with van der Waals surface area (Å²) in [6.07, 6.45) is 1.34. The van der Waals surface area contributed by atoms with Gasteiger partial charge in [0.05, 0.1) is 17.6 Å². The number of carbonyl (C=O) groups is 1. The van der Waals surface area contributed by atoms with Gasteiger partial charge in [-0.05, 0) is 25.7 Å². The van der Waals surface area contributed by atoms with Gasteiger partial charge in [0.25, 0.3) is 0 Å². The van der Waals surface area contributed by atoms with Crippen LogP contribution in [0.5, 0.6) is 0 Å². The van der Waals surface area contributed by atoms with Crippen molar-refractivity contribution in [3.63, 3.8) is 0 Å². The molecule has 2 heterocycles. The van der Waals surface area contributed by atoms with Crippen molar-refractivity contribution < 1.29 is 4.79 Å². The Kier molecular flexibility index (Phi) is 3.45. The van der Waals surface area contributed by atoms with Crippen LogP contribution in [0.4, 0.5) is 0 Å². The summed E-state index contributed by atoms with van der Waals surface area (Å²) in [5.41, 5.74) is 4.05. The van der Waals surface area contributed by atoms with E-state index < -0.39 is 0 Å². The van der Waals surface area contributed by atoms with E-state index >= 15 is 0 Å². The van der Waals surface area contributed by atoms with Gasteiger partial charge in [-0.1, -0.05) is 13.8 Å². The Labute approximate surface area is 134 Å². The number of aryl methyl sites for hydroxylation is 1. The van der Waals surface area contributed by atoms with Crippen LogP contribution in [-0.4, -0.2) is 10.8 Å². The van der Waals surface area contributed by atoms with Gasteiger partial charge in [-0.15, -0.1) is 11.3 Å². The van der Waals surface area contributed by atoms with Crippen LogP contribution < -0.4 is 5.32 Å². The monoisotopic (exact) mass is 313 g/mol. The van der Waals surface area contributed by atoms with Crippen molar-refractivity contribution in [2.45, 2.75) is 46.5 Å². The highest BCUT2D eigenvalue weighted by Crippen LogP contribution is 2.46. The summed E-state index contributed by atoms with van der Waals surface area (Å²) < 4.78 is 0. The first-order chi connectivity index (χ1) is 10.3. The van der Waals surface area contributed by atoms with E-state index in [9.17, 15) is 10.1 Å². The molecule has 4 nitrogen and oxygen atoms in total. The average molecular weight is 313 g/mol. The third-order valence-corrected chi connectivity index (χ3v) is 5.27. The van der Waals surface area contributed by atoms with Gasteiger partial charge in [-0.25, -0.2) is 4.98 Å². The predicted octanol–water partition coefficient (Wildman–Crippen LogP) is 3.58. The standard InChI is InChI=1S/C17H19N3OS/c1-9-8-22-16(19-9)14-11(7-18)10(2)20-12-5-17(3,4)6-13(21)15(12)14/h8,14,20H,5-6H2,1-4H3/t14-/m0/s1. The Balaban J connectivity index is 2.17. The summed E-state index contributed by atoms with van der Waals surface area (Å²) in [5.74, 6) is -0.166. The van der Waals surface area contributed by atoms with E-state index in [1.807, 2.05) is 19.2 Å². The summed E-state index contributed by atoms with van der Waals surface area (Å²) >= 11 is 1.52. The number of nitrogens with zero attached hydrogens (tertiary/aromatic N) is 2. The zero-order valence-corrected chi connectivity index (χ0v) is 14.1. The molecule has 22 heavy (non-hydrogen) atoms. The van der Waals surface area contributed by atoms with Crippen molar-refractivity contribution in [3.05, 3.63) is 38.6 Å². The number of Topliss-reactive ketones (excluding diaryl/α,β-unsaturated/α-hetero) is 1. The zero-order valence-electron chi connectivity index (χ0n) is 13.3. The molecule has 3 rings (SSSR count). The lowest BCUT2D eigenvalue weighted by molar-refractivity contribution is -0.118. The molecule has 1 aromatic rings. The molecule has 0 radical (unpaired) electrons. The minimum Gasteiger partial charge on any atom is -0.361 e. The van der Waals surface area contributed by atoms with Crippen LogP contribution in [0.15, 0.2) is 27.9 Å². The lowest BCUT2D eigenvalue weighted by Crippen LogP contribution is -2.36. The van der Waals surface area contributed by atoms with Crippen LogP contribution in [0.3, 0.4) is 0 Å². The van der Waals surface area contributed by atoms with E-state index in [4.69, 9.17) is 0 Å². The fraction of sp³-hybridized carbons (Fsp3) is 0.471. The third kappa shape index (κ3) is 2.38. The van der Waals surface area contributed by atoms with Gasteiger partial charge >= 0.3 is 0 Å². The van der Waals surface area contributed by atoms with Crippen LogP contribution in [0.25, 0.3) is 0 Å². The number of ketones is 1. The second-order valence-corrected chi connectivity index (χ2v) is 7.76. The molecule has 0 saturated heterocycles. The van der Waals surface area contributed by atoms with Crippen LogP contribution in [0.2, 0.25) is 0 Å². The molecular formula is C17H19N3OS. The van der Waals surface area contributed by atoms with Gasteiger partial charge in [0.2, 0.25) is 0 Å². The van der Waals surface area contributed by atoms with Crippen molar-refractivity contribution in [1.82, 2.24) is 10.3 Å². The fourth-order valence-corrected chi connectivity index (χ4v) is 4.25. The number of rotatable bonds is 1. The summed E-state index contributed by atoms with van der Waals surface area (Å²) in [6.45, 7) is 8.06. The van der Waals surface area contributed by atoms with E-state index in [0.717, 1.165) is 34.1 Å². The second-order valence-electron chi connectivity index (χ2n) is 6.87. The molecule has 0 unspecified atom stereocenters. The lowest BCUT2D eigenvalue weighted by atomic mass is 9.70. The molecule has 1 aliphatic heterocycles. The molecule has 2 aliphatic rings. The van der Waals surface area contributed by atoms with Crippen LogP contribution in [0, 0.1) is 23.7 Å². The second kappa shape index (κ2) is 5.06. The summed E-state index contributed by atoms with van der Waals surface area (Å²) in [6, 6.07) is 2.28. The number of thiazole rings is 1. The van der Waals surface area contributed by atoms with E-state index in [1.165, 1.54) is 11.3 Å². The number of dihydropyridines is 1. The van der Waals surface area contributed by atoms with Gasteiger partial charge < -0.3 is 5.32 Å². The number of hydrogen-bond acceptors (Lipinski definition) is 5. The summed E-state index contributed by atoms with van der Waals surface area (Å²) in [5, 5.41) is 15.7. The number of carbonyl (C=O) groups excluding carboxylic acids is 1. The zero-order chi connectivity index (χ0) is 16.1. The van der Waals surface area contributed by atoms with Gasteiger partial charge in [0.1, 0.15) is 5.01 Å². The molecule has 0 fully saturated rings. The van der Waals surface area contributed by atoms with Crippen LogP contribution in [-0.2, 0) is 4.79 Å². The van der Waals surface area contributed by atoms with Crippen molar-refractivity contribution >= 4 is 17.1 Å². The smallest absolute Gasteiger partial charge is 0.162 e. The highest BCUT2D eigenvalue weighted by Gasteiger charge is 2.42. The fourth-order valence-electron chi connectivity index (χ4n) is 3.34. The van der Waals surface area contributed by atoms with Crippen LogP contribution >= 0.6 is 11.3 Å². The Hall–Kier alpha value is -1.93. The van der Waals surface area contributed by atoms with Crippen LogP contribution in [0.1, 0.15) is 50.2 Å². The minimum absolute atomic E-state index is 0.0450. The highest BCUT2D eigenvalue weighted by molar-refractivity contribution is 7.09. The van der Waals surface area contributed by atoms with Gasteiger partial charge in [0.15, 0.2) is 5.78 Å². The van der Waals surface area contributed by atoms with E-state index in [-0.39, 0.29) is 17.1 Å².